The van der Waals surface area contributed by atoms with Crippen molar-refractivity contribution in [1.82, 2.24) is 40.0 Å². The molecule has 15 nitrogen and oxygen atoms in total. The molecule has 0 radical (unpaired) electrons. The monoisotopic (exact) mass is 772 g/mol. The predicted octanol–water partition coefficient (Wildman–Crippen LogP) is 4.33. The molecule has 0 bridgehead atoms. The van der Waals surface area contributed by atoms with Gasteiger partial charge in [0.05, 0.1) is 57.7 Å². The summed E-state index contributed by atoms with van der Waals surface area (Å²) in [6.45, 7) is 8.33. The minimum absolute atomic E-state index is 0.205. The molecule has 5 aromatic heterocycles. The van der Waals surface area contributed by atoms with E-state index in [2.05, 4.69) is 63.8 Å². The molecule has 56 heavy (non-hydrogen) atoms. The number of pyridine rings is 2. The van der Waals surface area contributed by atoms with Crippen molar-refractivity contribution in [3.63, 3.8) is 0 Å². The summed E-state index contributed by atoms with van der Waals surface area (Å²) >= 11 is 1.61. The topological polar surface area (TPSA) is 170 Å². The molecule has 0 unspecified atom stereocenters. The number of carbonyl (C=O) groups excluding carboxylic acids is 2. The number of anilines is 3. The average Bonchev–Trinajstić information content (AvgIpc) is 3.90. The van der Waals surface area contributed by atoms with Crippen molar-refractivity contribution >= 4 is 45.2 Å². The lowest BCUT2D eigenvalue weighted by Gasteiger charge is -2.39. The number of fused-ring (bicyclic) bond motifs is 1. The van der Waals surface area contributed by atoms with Crippen LogP contribution in [-0.4, -0.2) is 112 Å². The Bertz CT molecular complexity index is 2250. The first-order valence-corrected chi connectivity index (χ1v) is 20.4. The molecule has 288 valence electrons. The molecule has 0 saturated carbocycles. The zero-order valence-corrected chi connectivity index (χ0v) is 32.0. The normalized spacial score (nSPS) is 20.3. The van der Waals surface area contributed by atoms with Gasteiger partial charge >= 0.3 is 0 Å². The SMILES string of the molecule is N#Cc1cnn2c(-c3cc(NC4CCOCC4)c(-c4nnc(N5CCN(CC6CCN(c7ccc([C@@H]8CCC(=O)NC8=O)nc7)CC6)CC5)s4)cn3)ccc2c1. The van der Waals surface area contributed by atoms with Crippen LogP contribution in [0.5, 0.6) is 0 Å². The summed E-state index contributed by atoms with van der Waals surface area (Å²) in [6.07, 6.45) is 10.3. The molecular weight excluding hydrogens is 729 g/mol. The summed E-state index contributed by atoms with van der Waals surface area (Å²) < 4.78 is 7.45. The van der Waals surface area contributed by atoms with Crippen LogP contribution in [0.25, 0.3) is 27.5 Å². The number of hydrogen-bond donors (Lipinski definition) is 2. The van der Waals surface area contributed by atoms with Crippen LogP contribution in [0.2, 0.25) is 0 Å². The first-order valence-electron chi connectivity index (χ1n) is 19.6. The van der Waals surface area contributed by atoms with Crippen LogP contribution >= 0.6 is 11.3 Å². The number of nitrogens with one attached hydrogen (secondary N) is 2. The molecule has 4 fully saturated rings. The van der Waals surface area contributed by atoms with Crippen LogP contribution in [0.1, 0.15) is 55.7 Å². The molecule has 4 aliphatic heterocycles. The number of hydrogen-bond acceptors (Lipinski definition) is 14. The summed E-state index contributed by atoms with van der Waals surface area (Å²) in [5.41, 5.74) is 6.70. The molecular formula is C40H44N12O3S. The zero-order chi connectivity index (χ0) is 38.0. The van der Waals surface area contributed by atoms with Crippen molar-refractivity contribution < 1.29 is 14.3 Å². The Morgan fingerprint density at radius 3 is 2.50 bits per heavy atom. The number of nitrogens with zero attached hydrogens (tertiary/aromatic N) is 10. The number of carbonyl (C=O) groups is 2. The van der Waals surface area contributed by atoms with Gasteiger partial charge in [-0.1, -0.05) is 11.3 Å². The van der Waals surface area contributed by atoms with Gasteiger partial charge in [-0.15, -0.1) is 10.2 Å². The third kappa shape index (κ3) is 7.66. The lowest BCUT2D eigenvalue weighted by atomic mass is 9.94. The highest BCUT2D eigenvalue weighted by atomic mass is 32.1. The number of imide groups is 1. The van der Waals surface area contributed by atoms with Crippen LogP contribution in [0.3, 0.4) is 0 Å². The number of piperidine rings is 2. The average molecular weight is 773 g/mol. The Labute approximate surface area is 328 Å². The second-order valence-electron chi connectivity index (χ2n) is 15.1. The van der Waals surface area contributed by atoms with Crippen LogP contribution in [-0.2, 0) is 14.3 Å². The number of amides is 2. The van der Waals surface area contributed by atoms with Crippen LogP contribution in [0.15, 0.2) is 55.0 Å². The Balaban J connectivity index is 0.810. The minimum atomic E-state index is -0.355. The Morgan fingerprint density at radius 1 is 0.893 bits per heavy atom. The van der Waals surface area contributed by atoms with Gasteiger partial charge in [0.2, 0.25) is 16.9 Å². The van der Waals surface area contributed by atoms with E-state index in [0.29, 0.717) is 24.3 Å². The van der Waals surface area contributed by atoms with Gasteiger partial charge in [-0.2, -0.15) is 10.4 Å². The van der Waals surface area contributed by atoms with Crippen molar-refractivity contribution in [3.05, 3.63) is 66.2 Å². The van der Waals surface area contributed by atoms with Gasteiger partial charge in [-0.05, 0) is 74.4 Å². The number of ether oxygens (including phenoxy) is 1. The van der Waals surface area contributed by atoms with E-state index in [0.717, 1.165) is 134 Å². The molecule has 0 aliphatic carbocycles. The minimum Gasteiger partial charge on any atom is -0.381 e. The van der Waals surface area contributed by atoms with Gasteiger partial charge in [0.1, 0.15) is 6.07 Å². The number of piperazine rings is 1. The molecule has 5 aromatic rings. The second-order valence-corrected chi connectivity index (χ2v) is 16.1. The fourth-order valence-corrected chi connectivity index (χ4v) is 9.20. The van der Waals surface area contributed by atoms with Crippen LogP contribution < -0.4 is 20.4 Å². The van der Waals surface area contributed by atoms with E-state index in [-0.39, 0.29) is 23.8 Å². The maximum Gasteiger partial charge on any atom is 0.235 e. The summed E-state index contributed by atoms with van der Waals surface area (Å²) in [4.78, 5) is 40.6. The molecule has 9 heterocycles. The van der Waals surface area contributed by atoms with E-state index in [1.807, 2.05) is 41.2 Å². The number of aromatic nitrogens is 6. The number of rotatable bonds is 9. The third-order valence-electron chi connectivity index (χ3n) is 11.5. The van der Waals surface area contributed by atoms with E-state index in [1.165, 1.54) is 0 Å². The molecule has 0 aromatic carbocycles. The fourth-order valence-electron chi connectivity index (χ4n) is 8.28. The number of nitriles is 1. The van der Waals surface area contributed by atoms with Crippen molar-refractivity contribution in [1.29, 1.82) is 5.26 Å². The second kappa shape index (κ2) is 15.9. The first kappa shape index (κ1) is 36.2. The van der Waals surface area contributed by atoms with E-state index < -0.39 is 0 Å². The van der Waals surface area contributed by atoms with E-state index in [1.54, 1.807) is 17.5 Å². The van der Waals surface area contributed by atoms with Crippen LogP contribution in [0.4, 0.5) is 16.5 Å². The van der Waals surface area contributed by atoms with E-state index in [4.69, 9.17) is 9.72 Å². The largest absolute Gasteiger partial charge is 0.381 e. The highest BCUT2D eigenvalue weighted by Crippen LogP contribution is 2.37. The van der Waals surface area contributed by atoms with Gasteiger partial charge in [-0.3, -0.25) is 29.8 Å². The van der Waals surface area contributed by atoms with Crippen molar-refractivity contribution in [2.24, 2.45) is 5.92 Å². The lowest BCUT2D eigenvalue weighted by Crippen LogP contribution is -2.49. The molecule has 4 aliphatic rings. The molecule has 16 heteroatoms. The lowest BCUT2D eigenvalue weighted by molar-refractivity contribution is -0.134. The Morgan fingerprint density at radius 2 is 1.73 bits per heavy atom. The standard InChI is InChI=1S/C40H44N12O3S/c41-21-27-19-29-2-5-36(52(29)44-22-27)35-20-34(45-28-9-17-55-18-10-28)32(24-43-35)39-47-48-40(56-39)51-15-13-49(14-16-51)25-26-7-11-50(12-8-26)30-1-4-33(42-23-30)31-3-6-37(53)46-38(31)54/h1-2,4-5,19-20,22-24,26,28,31H,3,6-18,25H2,(H,43,45)(H,46,53,54)/t31-/m0/s1. The van der Waals surface area contributed by atoms with Crippen molar-refractivity contribution in [3.8, 4) is 28.0 Å². The summed E-state index contributed by atoms with van der Waals surface area (Å²) in [7, 11) is 0. The predicted molar refractivity (Wildman–Crippen MR) is 212 cm³/mol. The summed E-state index contributed by atoms with van der Waals surface area (Å²) in [6, 6.07) is 14.3. The van der Waals surface area contributed by atoms with Gasteiger partial charge in [0.15, 0.2) is 5.01 Å². The van der Waals surface area contributed by atoms with Gasteiger partial charge in [0.25, 0.3) is 0 Å². The zero-order valence-electron chi connectivity index (χ0n) is 31.1. The molecule has 9 rings (SSSR count). The van der Waals surface area contributed by atoms with Gasteiger partial charge in [-0.25, -0.2) is 4.52 Å². The molecule has 0 spiro atoms. The third-order valence-corrected chi connectivity index (χ3v) is 12.5. The maximum atomic E-state index is 12.3. The quantitative estimate of drug-likeness (QED) is 0.203. The van der Waals surface area contributed by atoms with Gasteiger partial charge < -0.3 is 19.9 Å². The van der Waals surface area contributed by atoms with Crippen molar-refractivity contribution in [2.75, 3.05) is 74.1 Å². The van der Waals surface area contributed by atoms with Crippen molar-refractivity contribution in [2.45, 2.75) is 50.5 Å². The molecule has 2 amide bonds. The first-order chi connectivity index (χ1) is 27.5. The van der Waals surface area contributed by atoms with Gasteiger partial charge in [0, 0.05) is 83.4 Å². The molecule has 2 N–H and O–H groups in total. The molecule has 4 saturated heterocycles. The Kier molecular flexibility index (Phi) is 10.3. The summed E-state index contributed by atoms with van der Waals surface area (Å²) in [5, 5.41) is 31.2. The maximum absolute atomic E-state index is 12.3. The van der Waals surface area contributed by atoms with E-state index in [9.17, 15) is 14.9 Å². The Hall–Kier alpha value is -5.50. The smallest absolute Gasteiger partial charge is 0.235 e. The fraction of sp³-hybridized carbons (Fsp3) is 0.450. The summed E-state index contributed by atoms with van der Waals surface area (Å²) in [5.74, 6) is -0.160. The molecule has 1 atom stereocenters. The highest BCUT2D eigenvalue weighted by Gasteiger charge is 2.30. The highest BCUT2D eigenvalue weighted by molar-refractivity contribution is 7.18. The van der Waals surface area contributed by atoms with E-state index >= 15 is 0 Å². The van der Waals surface area contributed by atoms with Crippen LogP contribution in [0, 0.1) is 17.2 Å².